The van der Waals surface area contributed by atoms with E-state index in [-0.39, 0.29) is 19.0 Å². The van der Waals surface area contributed by atoms with Gasteiger partial charge in [-0.1, -0.05) is 0 Å². The minimum absolute atomic E-state index is 0.0695. The minimum atomic E-state index is -5.24. The van der Waals surface area contributed by atoms with E-state index in [0.29, 0.717) is 36.2 Å². The van der Waals surface area contributed by atoms with Crippen molar-refractivity contribution in [2.24, 2.45) is 18.0 Å². The number of aromatic nitrogens is 2. The Morgan fingerprint density at radius 1 is 1.25 bits per heavy atom. The molecule has 0 bridgehead atoms. The molecule has 1 aromatic heterocycles. The van der Waals surface area contributed by atoms with E-state index in [2.05, 4.69) is 20.7 Å². The molecule has 2 N–H and O–H groups in total. The third-order valence-electron chi connectivity index (χ3n) is 5.08. The van der Waals surface area contributed by atoms with Crippen LogP contribution in [0.2, 0.25) is 0 Å². The number of aryl methyl sites for hydroxylation is 2. The van der Waals surface area contributed by atoms with Crippen molar-refractivity contribution in [1.29, 1.82) is 0 Å². The Bertz CT molecular complexity index is 811. The molecule has 1 saturated heterocycles. The van der Waals surface area contributed by atoms with Gasteiger partial charge in [-0.25, -0.2) is 8.42 Å². The number of sulfonamides is 1. The SMILES string of the molecule is CN=C(NCc1c(C)nn(C)c1C)NCC1CCN(S(=O)(=O)C(F)(F)F)CC1. The highest BCUT2D eigenvalue weighted by molar-refractivity contribution is 7.90. The fourth-order valence-electron chi connectivity index (χ4n) is 3.21. The van der Waals surface area contributed by atoms with Crippen LogP contribution in [0.25, 0.3) is 0 Å². The first-order valence-corrected chi connectivity index (χ1v) is 10.4. The van der Waals surface area contributed by atoms with Crippen molar-refractivity contribution in [3.05, 3.63) is 17.0 Å². The molecule has 1 aliphatic rings. The third kappa shape index (κ3) is 4.96. The molecule has 0 aliphatic carbocycles. The smallest absolute Gasteiger partial charge is 0.356 e. The molecule has 2 heterocycles. The summed E-state index contributed by atoms with van der Waals surface area (Å²) in [6.07, 6.45) is 0.722. The molecule has 0 unspecified atom stereocenters. The second kappa shape index (κ2) is 8.68. The van der Waals surface area contributed by atoms with Crippen LogP contribution in [0.4, 0.5) is 13.2 Å². The van der Waals surface area contributed by atoms with Gasteiger partial charge in [0.05, 0.1) is 5.69 Å². The van der Waals surface area contributed by atoms with Gasteiger partial charge in [0, 0.05) is 51.5 Å². The highest BCUT2D eigenvalue weighted by Gasteiger charge is 2.50. The Hall–Kier alpha value is -1.82. The molecule has 0 saturated carbocycles. The van der Waals surface area contributed by atoms with E-state index in [9.17, 15) is 21.6 Å². The molecule has 0 spiro atoms. The zero-order valence-electron chi connectivity index (χ0n) is 16.5. The Morgan fingerprint density at radius 2 is 1.86 bits per heavy atom. The van der Waals surface area contributed by atoms with E-state index in [1.54, 1.807) is 7.05 Å². The summed E-state index contributed by atoms with van der Waals surface area (Å²) in [6, 6.07) is 0. The number of piperidine rings is 1. The number of halogens is 3. The van der Waals surface area contributed by atoms with Crippen LogP contribution in [-0.4, -0.2) is 60.7 Å². The predicted molar refractivity (Wildman–Crippen MR) is 100 cm³/mol. The molecule has 0 radical (unpaired) electrons. The molecule has 1 aromatic rings. The Morgan fingerprint density at radius 3 is 2.32 bits per heavy atom. The molecule has 0 atom stereocenters. The van der Waals surface area contributed by atoms with Gasteiger partial charge in [0.1, 0.15) is 0 Å². The van der Waals surface area contributed by atoms with E-state index in [1.807, 2.05) is 25.6 Å². The van der Waals surface area contributed by atoms with Gasteiger partial charge in [-0.3, -0.25) is 9.67 Å². The second-order valence-corrected chi connectivity index (χ2v) is 8.80. The maximum atomic E-state index is 12.6. The topological polar surface area (TPSA) is 91.6 Å². The number of rotatable bonds is 5. The van der Waals surface area contributed by atoms with Crippen molar-refractivity contribution < 1.29 is 21.6 Å². The summed E-state index contributed by atoms with van der Waals surface area (Å²) in [5.74, 6) is 0.646. The average molecular weight is 424 g/mol. The first kappa shape index (κ1) is 22.5. The van der Waals surface area contributed by atoms with Crippen molar-refractivity contribution in [2.45, 2.75) is 38.7 Å². The summed E-state index contributed by atoms with van der Waals surface area (Å²) < 4.78 is 63.1. The summed E-state index contributed by atoms with van der Waals surface area (Å²) in [4.78, 5) is 4.15. The maximum Gasteiger partial charge on any atom is 0.511 e. The Balaban J connectivity index is 1.82. The molecule has 160 valence electrons. The van der Waals surface area contributed by atoms with Crippen molar-refractivity contribution >= 4 is 16.0 Å². The lowest BCUT2D eigenvalue weighted by molar-refractivity contribution is -0.0496. The normalized spacial score (nSPS) is 17.8. The van der Waals surface area contributed by atoms with Crippen LogP contribution in [0.1, 0.15) is 29.8 Å². The summed E-state index contributed by atoms with van der Waals surface area (Å²) in [5, 5.41) is 10.7. The second-order valence-electron chi connectivity index (χ2n) is 6.87. The average Bonchev–Trinajstić information content (AvgIpc) is 2.87. The van der Waals surface area contributed by atoms with Gasteiger partial charge in [-0.05, 0) is 32.6 Å². The van der Waals surface area contributed by atoms with Crippen LogP contribution in [0, 0.1) is 19.8 Å². The number of nitrogens with one attached hydrogen (secondary N) is 2. The summed E-state index contributed by atoms with van der Waals surface area (Å²) >= 11 is 0. The van der Waals surface area contributed by atoms with Gasteiger partial charge in [-0.15, -0.1) is 0 Å². The van der Waals surface area contributed by atoms with Crippen LogP contribution in [0.5, 0.6) is 0 Å². The van der Waals surface area contributed by atoms with Gasteiger partial charge in [0.15, 0.2) is 5.96 Å². The van der Waals surface area contributed by atoms with Crippen molar-refractivity contribution in [3.63, 3.8) is 0 Å². The lowest BCUT2D eigenvalue weighted by atomic mass is 9.98. The number of hydrogen-bond donors (Lipinski definition) is 2. The van der Waals surface area contributed by atoms with E-state index < -0.39 is 15.5 Å². The minimum Gasteiger partial charge on any atom is -0.356 e. The van der Waals surface area contributed by atoms with Gasteiger partial charge < -0.3 is 10.6 Å². The maximum absolute atomic E-state index is 12.6. The Kier molecular flexibility index (Phi) is 6.97. The Labute approximate surface area is 163 Å². The molecule has 8 nitrogen and oxygen atoms in total. The van der Waals surface area contributed by atoms with E-state index >= 15 is 0 Å². The molecule has 1 aliphatic heterocycles. The van der Waals surface area contributed by atoms with Crippen LogP contribution < -0.4 is 10.6 Å². The van der Waals surface area contributed by atoms with Crippen LogP contribution in [0.3, 0.4) is 0 Å². The highest BCUT2D eigenvalue weighted by Crippen LogP contribution is 2.30. The molecule has 28 heavy (non-hydrogen) atoms. The van der Waals surface area contributed by atoms with Crippen LogP contribution >= 0.6 is 0 Å². The largest absolute Gasteiger partial charge is 0.511 e. The lowest BCUT2D eigenvalue weighted by Gasteiger charge is -2.31. The fraction of sp³-hybridized carbons (Fsp3) is 0.750. The molecule has 2 rings (SSSR count). The van der Waals surface area contributed by atoms with E-state index in [0.717, 1.165) is 17.0 Å². The fourth-order valence-corrected chi connectivity index (χ4v) is 4.19. The van der Waals surface area contributed by atoms with Crippen molar-refractivity contribution in [1.82, 2.24) is 24.7 Å². The van der Waals surface area contributed by atoms with Crippen LogP contribution in [-0.2, 0) is 23.6 Å². The van der Waals surface area contributed by atoms with Crippen LogP contribution in [0.15, 0.2) is 4.99 Å². The van der Waals surface area contributed by atoms with Gasteiger partial charge in [-0.2, -0.15) is 22.6 Å². The van der Waals surface area contributed by atoms with E-state index in [1.165, 1.54) is 0 Å². The van der Waals surface area contributed by atoms with Gasteiger partial charge in [0.25, 0.3) is 0 Å². The zero-order chi connectivity index (χ0) is 21.1. The van der Waals surface area contributed by atoms with Crippen molar-refractivity contribution in [3.8, 4) is 0 Å². The highest BCUT2D eigenvalue weighted by atomic mass is 32.2. The third-order valence-corrected chi connectivity index (χ3v) is 6.71. The number of hydrogen-bond acceptors (Lipinski definition) is 4. The lowest BCUT2D eigenvalue weighted by Crippen LogP contribution is -2.47. The molecule has 0 aromatic carbocycles. The summed E-state index contributed by atoms with van der Waals surface area (Å²) in [5.41, 5.74) is -2.18. The standard InChI is InChI=1S/C16H27F3N6O2S/c1-11-14(12(2)24(4)23-11)10-22-15(20-3)21-9-13-5-7-25(8-6-13)28(26,27)16(17,18)19/h13H,5-10H2,1-4H3,(H2,20,21,22). The van der Waals surface area contributed by atoms with Gasteiger partial charge >= 0.3 is 15.5 Å². The number of nitrogens with zero attached hydrogens (tertiary/aromatic N) is 4. The summed E-state index contributed by atoms with van der Waals surface area (Å²) in [6.45, 7) is 4.71. The first-order chi connectivity index (χ1) is 13.0. The number of aliphatic imine (C=N–C) groups is 1. The van der Waals surface area contributed by atoms with Crippen molar-refractivity contribution in [2.75, 3.05) is 26.7 Å². The quantitative estimate of drug-likeness (QED) is 0.549. The number of guanidine groups is 1. The zero-order valence-corrected chi connectivity index (χ0v) is 17.3. The first-order valence-electron chi connectivity index (χ1n) is 8.97. The molecule has 12 heteroatoms. The predicted octanol–water partition coefficient (Wildman–Crippen LogP) is 1.26. The number of alkyl halides is 3. The van der Waals surface area contributed by atoms with E-state index in [4.69, 9.17) is 0 Å². The molecular weight excluding hydrogens is 397 g/mol. The molecule has 1 fully saturated rings. The van der Waals surface area contributed by atoms with Gasteiger partial charge in [0.2, 0.25) is 0 Å². The monoisotopic (exact) mass is 424 g/mol. The molecule has 0 amide bonds. The summed E-state index contributed by atoms with van der Waals surface area (Å²) in [7, 11) is -1.72. The molecular formula is C16H27F3N6O2S.